The number of carbonyl (C=O) groups is 4. The van der Waals surface area contributed by atoms with Crippen molar-refractivity contribution in [2.45, 2.75) is 400 Å². The van der Waals surface area contributed by atoms with Crippen LogP contribution >= 0.6 is 15.6 Å². The zero-order valence-electron chi connectivity index (χ0n) is 59.7. The normalized spacial score (nSPS) is 14.0. The molecule has 0 aliphatic carbocycles. The Hall–Kier alpha value is -1.94. The van der Waals surface area contributed by atoms with Crippen LogP contribution in [0.2, 0.25) is 0 Å². The Bertz CT molecular complexity index is 1770. The summed E-state index contributed by atoms with van der Waals surface area (Å²) in [7, 11) is -9.90. The van der Waals surface area contributed by atoms with Crippen molar-refractivity contribution in [3.8, 4) is 0 Å². The highest BCUT2D eigenvalue weighted by Crippen LogP contribution is 2.45. The minimum Gasteiger partial charge on any atom is -0.462 e. The summed E-state index contributed by atoms with van der Waals surface area (Å²) in [6.07, 6.45) is 54.5. The minimum atomic E-state index is -4.95. The maximum Gasteiger partial charge on any atom is 0.472 e. The summed E-state index contributed by atoms with van der Waals surface area (Å²) in [6, 6.07) is 0. The third kappa shape index (κ3) is 66.7. The van der Waals surface area contributed by atoms with Crippen molar-refractivity contribution in [2.75, 3.05) is 39.6 Å². The maximum absolute atomic E-state index is 13.0. The Labute approximate surface area is 562 Å². The van der Waals surface area contributed by atoms with Crippen molar-refractivity contribution in [1.82, 2.24) is 0 Å². The van der Waals surface area contributed by atoms with E-state index in [1.165, 1.54) is 199 Å². The van der Waals surface area contributed by atoms with E-state index in [0.717, 1.165) is 102 Å². The van der Waals surface area contributed by atoms with Crippen molar-refractivity contribution in [3.05, 3.63) is 0 Å². The molecule has 0 amide bonds. The lowest BCUT2D eigenvalue weighted by molar-refractivity contribution is -0.161. The third-order valence-electron chi connectivity index (χ3n) is 17.0. The molecule has 0 rings (SSSR count). The van der Waals surface area contributed by atoms with Crippen LogP contribution in [0.1, 0.15) is 381 Å². The second-order valence-electron chi connectivity index (χ2n) is 26.8. The van der Waals surface area contributed by atoms with Gasteiger partial charge in [-0.25, -0.2) is 9.13 Å². The van der Waals surface area contributed by atoms with Gasteiger partial charge in [-0.3, -0.25) is 37.3 Å². The van der Waals surface area contributed by atoms with E-state index in [0.29, 0.717) is 25.7 Å². The Morgan fingerprint density at radius 1 is 0.293 bits per heavy atom. The molecule has 0 saturated carbocycles. The van der Waals surface area contributed by atoms with Gasteiger partial charge in [0.1, 0.15) is 19.3 Å². The van der Waals surface area contributed by atoms with E-state index in [4.69, 9.17) is 37.0 Å². The molecule has 3 N–H and O–H groups in total. The number of aliphatic hydroxyl groups is 1. The van der Waals surface area contributed by atoms with Gasteiger partial charge < -0.3 is 33.8 Å². The molecule has 0 saturated heterocycles. The predicted octanol–water partition coefficient (Wildman–Crippen LogP) is 21.3. The molecule has 17 nitrogen and oxygen atoms in total. The molecule has 92 heavy (non-hydrogen) atoms. The zero-order valence-corrected chi connectivity index (χ0v) is 61.5. The fourth-order valence-corrected chi connectivity index (χ4v) is 12.8. The van der Waals surface area contributed by atoms with E-state index in [2.05, 4.69) is 34.6 Å². The quantitative estimate of drug-likeness (QED) is 0.0222. The van der Waals surface area contributed by atoms with Gasteiger partial charge in [-0.1, -0.05) is 330 Å². The number of phosphoric acid groups is 2. The number of hydrogen-bond acceptors (Lipinski definition) is 15. The van der Waals surface area contributed by atoms with Crippen LogP contribution in [0.15, 0.2) is 0 Å². The van der Waals surface area contributed by atoms with Gasteiger partial charge in [0.25, 0.3) is 0 Å². The smallest absolute Gasteiger partial charge is 0.462 e. The molecule has 0 aliphatic rings. The van der Waals surface area contributed by atoms with Crippen molar-refractivity contribution in [1.29, 1.82) is 0 Å². The molecule has 0 aromatic carbocycles. The summed E-state index contributed by atoms with van der Waals surface area (Å²) in [5.74, 6) is -1.36. The molecule has 19 heteroatoms. The summed E-state index contributed by atoms with van der Waals surface area (Å²) in [5.41, 5.74) is 0. The van der Waals surface area contributed by atoms with Gasteiger partial charge in [-0.15, -0.1) is 0 Å². The van der Waals surface area contributed by atoms with Crippen molar-refractivity contribution in [3.63, 3.8) is 0 Å². The maximum atomic E-state index is 13.0. The lowest BCUT2D eigenvalue weighted by Crippen LogP contribution is -2.30. The first kappa shape index (κ1) is 90.1. The molecule has 0 fully saturated rings. The van der Waals surface area contributed by atoms with E-state index >= 15 is 0 Å². The highest BCUT2D eigenvalue weighted by molar-refractivity contribution is 7.47. The van der Waals surface area contributed by atoms with Crippen LogP contribution in [0.3, 0.4) is 0 Å². The molecule has 0 heterocycles. The molecule has 0 aliphatic heterocycles. The number of ether oxygens (including phenoxy) is 4. The number of esters is 4. The monoisotopic (exact) mass is 1350 g/mol. The lowest BCUT2D eigenvalue weighted by Gasteiger charge is -2.21. The topological polar surface area (TPSA) is 237 Å². The van der Waals surface area contributed by atoms with Crippen LogP contribution in [0.5, 0.6) is 0 Å². The number of aliphatic hydroxyl groups excluding tert-OH is 1. The predicted molar refractivity (Wildman–Crippen MR) is 372 cm³/mol. The van der Waals surface area contributed by atoms with E-state index in [-0.39, 0.29) is 25.7 Å². The van der Waals surface area contributed by atoms with Crippen LogP contribution < -0.4 is 0 Å². The van der Waals surface area contributed by atoms with E-state index in [9.17, 15) is 43.2 Å². The largest absolute Gasteiger partial charge is 0.472 e. The SMILES string of the molecule is CCCCCCCCCCCCCCCCCCCCC(=O)O[C@H](COC(=O)CCCCCCCCCCCCCCCCC)COP(=O)(O)OC[C@@H](O)COP(=O)(O)OC[C@@H](COC(=O)CCCCCCC)OC(=O)CCCCCCCCCCCCCC(C)C. The number of rotatable bonds is 73. The molecule has 2 unspecified atom stereocenters. The van der Waals surface area contributed by atoms with Gasteiger partial charge in [0.2, 0.25) is 0 Å². The van der Waals surface area contributed by atoms with E-state index in [1.807, 2.05) is 0 Å². The van der Waals surface area contributed by atoms with Gasteiger partial charge in [0, 0.05) is 25.7 Å². The summed E-state index contributed by atoms with van der Waals surface area (Å²) < 4.78 is 68.2. The van der Waals surface area contributed by atoms with Gasteiger partial charge in [-0.05, 0) is 31.6 Å². The number of unbranched alkanes of at least 4 members (excludes halogenated alkanes) is 45. The standard InChI is InChI=1S/C73H142O17P2/c1-6-9-12-15-17-19-21-23-25-26-27-29-31-35-39-43-48-53-58-73(78)90-69(63-84-71(76)57-52-47-42-38-34-30-28-24-22-20-18-16-13-10-7-2)65-88-92(81,82)86-61-67(74)60-85-91(79,80)87-64-68(62-83-70(75)56-51-45-14-11-8-3)89-72(77)59-54-49-44-40-36-32-33-37-41-46-50-55-66(4)5/h66-69,74H,6-65H2,1-5H3,(H,79,80)(H,81,82)/t67-,68+,69+/m0/s1. The summed E-state index contributed by atoms with van der Waals surface area (Å²) in [4.78, 5) is 72.4. The van der Waals surface area contributed by atoms with Gasteiger partial charge >= 0.3 is 39.5 Å². The van der Waals surface area contributed by atoms with Crippen LogP contribution in [0.4, 0.5) is 0 Å². The first-order chi connectivity index (χ1) is 44.5. The molecular formula is C73H142O17P2. The molecule has 546 valence electrons. The number of carbonyl (C=O) groups excluding carboxylic acids is 4. The molecule has 0 spiro atoms. The second kappa shape index (κ2) is 66.3. The second-order valence-corrected chi connectivity index (χ2v) is 29.7. The fourth-order valence-electron chi connectivity index (χ4n) is 11.2. The third-order valence-corrected chi connectivity index (χ3v) is 18.9. The first-order valence-electron chi connectivity index (χ1n) is 38.1. The average Bonchev–Trinajstić information content (AvgIpc) is 2.68. The van der Waals surface area contributed by atoms with Crippen LogP contribution in [0, 0.1) is 5.92 Å². The highest BCUT2D eigenvalue weighted by Gasteiger charge is 2.30. The molecule has 5 atom stereocenters. The zero-order chi connectivity index (χ0) is 67.7. The number of hydrogen-bond donors (Lipinski definition) is 3. The van der Waals surface area contributed by atoms with Gasteiger partial charge in [-0.2, -0.15) is 0 Å². The lowest BCUT2D eigenvalue weighted by atomic mass is 10.0. The summed E-state index contributed by atoms with van der Waals surface area (Å²) in [6.45, 7) is 7.19. The first-order valence-corrected chi connectivity index (χ1v) is 41.1. The van der Waals surface area contributed by atoms with Crippen molar-refractivity contribution >= 4 is 39.5 Å². The Morgan fingerprint density at radius 2 is 0.500 bits per heavy atom. The molecule has 0 aromatic heterocycles. The van der Waals surface area contributed by atoms with Crippen molar-refractivity contribution in [2.24, 2.45) is 5.92 Å². The molecule has 0 bridgehead atoms. The van der Waals surface area contributed by atoms with Crippen molar-refractivity contribution < 1.29 is 80.2 Å². The fraction of sp³-hybridized carbons (Fsp3) is 0.945. The highest BCUT2D eigenvalue weighted by atomic mass is 31.2. The van der Waals surface area contributed by atoms with E-state index in [1.54, 1.807) is 0 Å². The van der Waals surface area contributed by atoms with Gasteiger partial charge in [0.15, 0.2) is 12.2 Å². The number of phosphoric ester groups is 2. The van der Waals surface area contributed by atoms with E-state index < -0.39 is 97.5 Å². The van der Waals surface area contributed by atoms with Crippen LogP contribution in [0.25, 0.3) is 0 Å². The minimum absolute atomic E-state index is 0.106. The summed E-state index contributed by atoms with van der Waals surface area (Å²) in [5, 5.41) is 10.6. The van der Waals surface area contributed by atoms with Crippen LogP contribution in [-0.4, -0.2) is 96.7 Å². The molecule has 0 aromatic rings. The molecular weight excluding hydrogens is 1210 g/mol. The van der Waals surface area contributed by atoms with Crippen LogP contribution in [-0.2, 0) is 65.4 Å². The Morgan fingerprint density at radius 3 is 0.739 bits per heavy atom. The van der Waals surface area contributed by atoms with Gasteiger partial charge in [0.05, 0.1) is 26.4 Å². The summed E-state index contributed by atoms with van der Waals surface area (Å²) >= 11 is 0. The Kier molecular flexibility index (Phi) is 64.9. The Balaban J connectivity index is 5.15. The molecule has 0 radical (unpaired) electrons. The average molecular weight is 1350 g/mol.